The number of anilines is 2. The SMILES string of the molecule is CCOCCCNC(=S)Nc1ccc(C(=O)Nc2ccc(OCC)cc2)cc1. The van der Waals surface area contributed by atoms with Gasteiger partial charge in [-0.1, -0.05) is 0 Å². The number of carbonyl (C=O) groups excluding carboxylic acids is 1. The van der Waals surface area contributed by atoms with Gasteiger partial charge < -0.3 is 25.4 Å². The highest BCUT2D eigenvalue weighted by atomic mass is 32.1. The van der Waals surface area contributed by atoms with E-state index in [4.69, 9.17) is 21.7 Å². The lowest BCUT2D eigenvalue weighted by atomic mass is 10.2. The smallest absolute Gasteiger partial charge is 0.255 e. The molecule has 1 amide bonds. The summed E-state index contributed by atoms with van der Waals surface area (Å²) >= 11 is 5.26. The fourth-order valence-electron chi connectivity index (χ4n) is 2.41. The first-order valence-corrected chi connectivity index (χ1v) is 9.80. The van der Waals surface area contributed by atoms with E-state index in [1.807, 2.05) is 50.2 Å². The third-order valence-corrected chi connectivity index (χ3v) is 4.03. The Bertz CT molecular complexity index is 748. The van der Waals surface area contributed by atoms with Crippen LogP contribution in [0.4, 0.5) is 11.4 Å². The summed E-state index contributed by atoms with van der Waals surface area (Å²) in [4.78, 5) is 12.4. The van der Waals surface area contributed by atoms with Crippen molar-refractivity contribution >= 4 is 34.6 Å². The Morgan fingerprint density at radius 1 is 0.929 bits per heavy atom. The zero-order valence-corrected chi connectivity index (χ0v) is 17.1. The molecule has 0 atom stereocenters. The maximum absolute atomic E-state index is 12.4. The van der Waals surface area contributed by atoms with Gasteiger partial charge in [-0.3, -0.25) is 4.79 Å². The maximum atomic E-state index is 12.4. The third kappa shape index (κ3) is 7.54. The van der Waals surface area contributed by atoms with Crippen LogP contribution in [0.15, 0.2) is 48.5 Å². The Labute approximate surface area is 171 Å². The zero-order valence-electron chi connectivity index (χ0n) is 16.3. The van der Waals surface area contributed by atoms with Crippen LogP contribution in [0.25, 0.3) is 0 Å². The average molecular weight is 402 g/mol. The number of benzene rings is 2. The van der Waals surface area contributed by atoms with E-state index in [1.54, 1.807) is 12.1 Å². The van der Waals surface area contributed by atoms with E-state index in [0.717, 1.165) is 31.0 Å². The molecule has 2 aromatic carbocycles. The van der Waals surface area contributed by atoms with Gasteiger partial charge in [0.15, 0.2) is 5.11 Å². The summed E-state index contributed by atoms with van der Waals surface area (Å²) in [7, 11) is 0. The van der Waals surface area contributed by atoms with Crippen LogP contribution < -0.4 is 20.7 Å². The highest BCUT2D eigenvalue weighted by molar-refractivity contribution is 7.80. The molecule has 0 aliphatic carbocycles. The van der Waals surface area contributed by atoms with Crippen molar-refractivity contribution in [3.8, 4) is 5.75 Å². The van der Waals surface area contributed by atoms with Crippen LogP contribution in [0.3, 0.4) is 0 Å². The minimum Gasteiger partial charge on any atom is -0.494 e. The van der Waals surface area contributed by atoms with Crippen molar-refractivity contribution in [3.63, 3.8) is 0 Å². The van der Waals surface area contributed by atoms with Gasteiger partial charge in [0.25, 0.3) is 5.91 Å². The summed E-state index contributed by atoms with van der Waals surface area (Å²) in [6.45, 7) is 6.69. The van der Waals surface area contributed by atoms with Gasteiger partial charge in [0.05, 0.1) is 6.61 Å². The maximum Gasteiger partial charge on any atom is 0.255 e. The molecule has 6 nitrogen and oxygen atoms in total. The van der Waals surface area contributed by atoms with Crippen LogP contribution >= 0.6 is 12.2 Å². The van der Waals surface area contributed by atoms with Gasteiger partial charge in [0.1, 0.15) is 5.75 Å². The van der Waals surface area contributed by atoms with Gasteiger partial charge in [-0.25, -0.2) is 0 Å². The van der Waals surface area contributed by atoms with Crippen LogP contribution in [0.5, 0.6) is 5.75 Å². The molecule has 0 radical (unpaired) electrons. The summed E-state index contributed by atoms with van der Waals surface area (Å²) in [5.41, 5.74) is 2.10. The Morgan fingerprint density at radius 3 is 2.21 bits per heavy atom. The molecule has 0 fully saturated rings. The van der Waals surface area contributed by atoms with Crippen LogP contribution in [0.1, 0.15) is 30.6 Å². The Balaban J connectivity index is 1.80. The second-order valence-corrected chi connectivity index (χ2v) is 6.33. The number of nitrogens with one attached hydrogen (secondary N) is 3. The van der Waals surface area contributed by atoms with E-state index < -0.39 is 0 Å². The topological polar surface area (TPSA) is 71.6 Å². The van der Waals surface area contributed by atoms with Crippen molar-refractivity contribution < 1.29 is 14.3 Å². The molecule has 3 N–H and O–H groups in total. The largest absolute Gasteiger partial charge is 0.494 e. The molecule has 2 aromatic rings. The van der Waals surface area contributed by atoms with Crippen molar-refractivity contribution in [2.24, 2.45) is 0 Å². The fraction of sp³-hybridized carbons (Fsp3) is 0.333. The zero-order chi connectivity index (χ0) is 20.2. The molecule has 7 heteroatoms. The van der Waals surface area contributed by atoms with Crippen molar-refractivity contribution in [2.75, 3.05) is 37.0 Å². The summed E-state index contributed by atoms with van der Waals surface area (Å²) in [6.07, 6.45) is 0.889. The Kier molecular flexibility index (Phi) is 9.24. The highest BCUT2D eigenvalue weighted by Gasteiger charge is 2.07. The monoisotopic (exact) mass is 401 g/mol. The molecule has 0 bridgehead atoms. The van der Waals surface area contributed by atoms with Crippen molar-refractivity contribution in [3.05, 3.63) is 54.1 Å². The van der Waals surface area contributed by atoms with Crippen molar-refractivity contribution in [2.45, 2.75) is 20.3 Å². The number of rotatable bonds is 10. The number of carbonyl (C=O) groups is 1. The standard InChI is InChI=1S/C21H27N3O3S/c1-3-26-15-5-14-22-21(28)24-18-8-6-16(7-9-18)20(25)23-17-10-12-19(13-11-17)27-4-2/h6-13H,3-5,14-15H2,1-2H3,(H,23,25)(H2,22,24,28). The first kappa shape index (κ1) is 21.7. The number of amides is 1. The first-order chi connectivity index (χ1) is 13.6. The van der Waals surface area contributed by atoms with Gasteiger partial charge in [-0.05, 0) is 81.0 Å². The van der Waals surface area contributed by atoms with E-state index in [0.29, 0.717) is 29.6 Å². The van der Waals surface area contributed by atoms with Gasteiger partial charge in [-0.15, -0.1) is 0 Å². The van der Waals surface area contributed by atoms with Crippen LogP contribution in [0, 0.1) is 0 Å². The Hall–Kier alpha value is -2.64. The van der Waals surface area contributed by atoms with Crippen LogP contribution in [0.2, 0.25) is 0 Å². The number of hydrogen-bond acceptors (Lipinski definition) is 4. The normalized spacial score (nSPS) is 10.2. The average Bonchev–Trinajstić information content (AvgIpc) is 2.70. The summed E-state index contributed by atoms with van der Waals surface area (Å²) in [5.74, 6) is 0.603. The van der Waals surface area contributed by atoms with E-state index >= 15 is 0 Å². The molecule has 150 valence electrons. The summed E-state index contributed by atoms with van der Waals surface area (Å²) < 4.78 is 10.7. The minimum absolute atomic E-state index is 0.174. The Morgan fingerprint density at radius 2 is 1.57 bits per heavy atom. The molecular formula is C21H27N3O3S. The molecule has 0 aliphatic rings. The second kappa shape index (κ2) is 11.9. The van der Waals surface area contributed by atoms with Gasteiger partial charge in [0, 0.05) is 36.7 Å². The number of hydrogen-bond donors (Lipinski definition) is 3. The minimum atomic E-state index is -0.174. The molecule has 28 heavy (non-hydrogen) atoms. The predicted octanol–water partition coefficient (Wildman–Crippen LogP) is 4.05. The second-order valence-electron chi connectivity index (χ2n) is 5.92. The summed E-state index contributed by atoms with van der Waals surface area (Å²) in [5, 5.41) is 9.64. The van der Waals surface area contributed by atoms with E-state index in [1.165, 1.54) is 0 Å². The molecule has 0 saturated carbocycles. The van der Waals surface area contributed by atoms with Gasteiger partial charge in [0.2, 0.25) is 0 Å². The molecule has 2 rings (SSSR count). The molecule has 0 heterocycles. The molecule has 0 aliphatic heterocycles. The first-order valence-electron chi connectivity index (χ1n) is 9.39. The summed E-state index contributed by atoms with van der Waals surface area (Å²) in [6, 6.07) is 14.4. The molecule has 0 aromatic heterocycles. The van der Waals surface area contributed by atoms with Crippen LogP contribution in [-0.2, 0) is 4.74 Å². The molecule has 0 saturated heterocycles. The lowest BCUT2D eigenvalue weighted by molar-refractivity contribution is 0.102. The van der Waals surface area contributed by atoms with E-state index in [9.17, 15) is 4.79 Å². The molecule has 0 spiro atoms. The molecule has 0 unspecified atom stereocenters. The number of thiocarbonyl (C=S) groups is 1. The van der Waals surface area contributed by atoms with E-state index in [2.05, 4.69) is 16.0 Å². The van der Waals surface area contributed by atoms with Gasteiger partial charge in [-0.2, -0.15) is 0 Å². The highest BCUT2D eigenvalue weighted by Crippen LogP contribution is 2.17. The van der Waals surface area contributed by atoms with Crippen LogP contribution in [-0.4, -0.2) is 37.4 Å². The van der Waals surface area contributed by atoms with Gasteiger partial charge >= 0.3 is 0 Å². The molecular weight excluding hydrogens is 374 g/mol. The fourth-order valence-corrected chi connectivity index (χ4v) is 2.63. The quantitative estimate of drug-likeness (QED) is 0.412. The lowest BCUT2D eigenvalue weighted by Crippen LogP contribution is -2.29. The number of ether oxygens (including phenoxy) is 2. The van der Waals surface area contributed by atoms with E-state index in [-0.39, 0.29) is 5.91 Å². The van der Waals surface area contributed by atoms with Crippen molar-refractivity contribution in [1.82, 2.24) is 5.32 Å². The predicted molar refractivity (Wildman–Crippen MR) is 117 cm³/mol. The van der Waals surface area contributed by atoms with Crippen molar-refractivity contribution in [1.29, 1.82) is 0 Å². The third-order valence-electron chi connectivity index (χ3n) is 3.78. The lowest BCUT2D eigenvalue weighted by Gasteiger charge is -2.11.